The second-order valence-corrected chi connectivity index (χ2v) is 7.93. The summed E-state index contributed by atoms with van der Waals surface area (Å²) in [7, 11) is 0. The molecule has 32 heavy (non-hydrogen) atoms. The van der Waals surface area contributed by atoms with E-state index in [4.69, 9.17) is 0 Å². The standard InChI is InChI=1S/C22H19F6N3O/c1-12-10-13(16-11-17(32)18-14(23)4-2-5-15(18)29-16)20(30-19(12)22(26,27)28)31-8-3-6-21(24,25)7-9-31/h2,4-5,10-11H,3,6-9H2,1H3,(H,29,32). The van der Waals surface area contributed by atoms with E-state index in [1.54, 1.807) is 0 Å². The second kappa shape index (κ2) is 7.83. The van der Waals surface area contributed by atoms with E-state index in [1.165, 1.54) is 30.0 Å². The Hall–Kier alpha value is -3.04. The van der Waals surface area contributed by atoms with Crippen molar-refractivity contribution in [1.29, 1.82) is 0 Å². The third-order valence-corrected chi connectivity index (χ3v) is 5.57. The Balaban J connectivity index is 1.93. The van der Waals surface area contributed by atoms with E-state index in [-0.39, 0.29) is 59.5 Å². The first-order valence-corrected chi connectivity index (χ1v) is 10.00. The van der Waals surface area contributed by atoms with Crippen molar-refractivity contribution < 1.29 is 26.3 Å². The molecule has 0 unspecified atom stereocenters. The summed E-state index contributed by atoms with van der Waals surface area (Å²) in [5.41, 5.74) is -1.51. The fraction of sp³-hybridized carbons (Fsp3) is 0.364. The molecule has 0 atom stereocenters. The number of hydrogen-bond donors (Lipinski definition) is 1. The number of hydrogen-bond acceptors (Lipinski definition) is 3. The Labute approximate surface area is 178 Å². The van der Waals surface area contributed by atoms with E-state index in [0.717, 1.165) is 12.1 Å². The van der Waals surface area contributed by atoms with Crippen LogP contribution in [-0.2, 0) is 6.18 Å². The number of halogens is 6. The highest BCUT2D eigenvalue weighted by molar-refractivity contribution is 5.84. The zero-order chi connectivity index (χ0) is 23.3. The van der Waals surface area contributed by atoms with Gasteiger partial charge in [-0.2, -0.15) is 13.2 Å². The van der Waals surface area contributed by atoms with E-state index >= 15 is 0 Å². The third-order valence-electron chi connectivity index (χ3n) is 5.57. The molecule has 1 fully saturated rings. The Morgan fingerprint density at radius 3 is 2.59 bits per heavy atom. The number of nitrogens with zero attached hydrogens (tertiary/aromatic N) is 2. The molecular weight excluding hydrogens is 436 g/mol. The SMILES string of the molecule is Cc1cc(-c2cc(=O)c3c(F)cccc3[nH]2)c(N2CCCC(F)(F)CC2)nc1C(F)(F)F. The lowest BCUT2D eigenvalue weighted by Gasteiger charge is -2.26. The van der Waals surface area contributed by atoms with Gasteiger partial charge in [0.2, 0.25) is 5.92 Å². The van der Waals surface area contributed by atoms with Gasteiger partial charge in [0.1, 0.15) is 17.3 Å². The second-order valence-electron chi connectivity index (χ2n) is 7.93. The first kappa shape index (κ1) is 22.2. The molecule has 0 saturated carbocycles. The highest BCUT2D eigenvalue weighted by atomic mass is 19.4. The summed E-state index contributed by atoms with van der Waals surface area (Å²) in [5.74, 6) is -3.79. The molecule has 0 bridgehead atoms. The average molecular weight is 455 g/mol. The lowest BCUT2D eigenvalue weighted by molar-refractivity contribution is -0.141. The Morgan fingerprint density at radius 1 is 1.12 bits per heavy atom. The quantitative estimate of drug-likeness (QED) is 0.506. The van der Waals surface area contributed by atoms with Crippen LogP contribution >= 0.6 is 0 Å². The molecule has 0 amide bonds. The number of aromatic nitrogens is 2. The molecule has 1 saturated heterocycles. The van der Waals surface area contributed by atoms with E-state index in [9.17, 15) is 31.1 Å². The summed E-state index contributed by atoms with van der Waals surface area (Å²) in [4.78, 5) is 20.7. The highest BCUT2D eigenvalue weighted by Gasteiger charge is 2.37. The predicted molar refractivity (Wildman–Crippen MR) is 109 cm³/mol. The monoisotopic (exact) mass is 455 g/mol. The molecule has 1 aromatic carbocycles. The van der Waals surface area contributed by atoms with Crippen molar-refractivity contribution in [2.75, 3.05) is 18.0 Å². The van der Waals surface area contributed by atoms with Gasteiger partial charge >= 0.3 is 6.18 Å². The molecule has 3 aromatic rings. The van der Waals surface area contributed by atoms with Crippen molar-refractivity contribution in [1.82, 2.24) is 9.97 Å². The van der Waals surface area contributed by atoms with Crippen LogP contribution in [0.2, 0.25) is 0 Å². The van der Waals surface area contributed by atoms with Crippen LogP contribution in [0.3, 0.4) is 0 Å². The summed E-state index contributed by atoms with van der Waals surface area (Å²) in [5, 5.41) is -0.177. The predicted octanol–water partition coefficient (Wildman–Crippen LogP) is 5.68. The first-order chi connectivity index (χ1) is 15.0. The topological polar surface area (TPSA) is 49.0 Å². The zero-order valence-corrected chi connectivity index (χ0v) is 17.0. The largest absolute Gasteiger partial charge is 0.433 e. The van der Waals surface area contributed by atoms with Gasteiger partial charge in [-0.15, -0.1) is 0 Å². The van der Waals surface area contributed by atoms with Gasteiger partial charge in [-0.05, 0) is 37.1 Å². The fourth-order valence-electron chi connectivity index (χ4n) is 4.01. The number of anilines is 1. The summed E-state index contributed by atoms with van der Waals surface area (Å²) in [6.07, 6.45) is -5.57. The number of alkyl halides is 5. The molecule has 1 N–H and O–H groups in total. The minimum Gasteiger partial charge on any atom is -0.356 e. The number of aryl methyl sites for hydroxylation is 1. The normalized spacial score (nSPS) is 16.9. The maximum atomic E-state index is 14.1. The van der Waals surface area contributed by atoms with Crippen molar-refractivity contribution >= 4 is 16.7 Å². The first-order valence-electron chi connectivity index (χ1n) is 10.00. The smallest absolute Gasteiger partial charge is 0.356 e. The minimum atomic E-state index is -4.74. The molecule has 0 radical (unpaired) electrons. The molecule has 2 aromatic heterocycles. The van der Waals surface area contributed by atoms with Gasteiger partial charge in [-0.3, -0.25) is 4.79 Å². The van der Waals surface area contributed by atoms with Gasteiger partial charge in [0, 0.05) is 37.6 Å². The third kappa shape index (κ3) is 4.18. The maximum absolute atomic E-state index is 14.1. The van der Waals surface area contributed by atoms with Crippen LogP contribution in [0.1, 0.15) is 30.5 Å². The lowest BCUT2D eigenvalue weighted by atomic mass is 10.0. The Kier molecular flexibility index (Phi) is 5.42. The van der Waals surface area contributed by atoms with Crippen molar-refractivity contribution in [2.24, 2.45) is 0 Å². The minimum absolute atomic E-state index is 0.0722. The number of rotatable bonds is 2. The van der Waals surface area contributed by atoms with E-state index in [2.05, 4.69) is 9.97 Å². The van der Waals surface area contributed by atoms with E-state index in [1.807, 2.05) is 0 Å². The summed E-state index contributed by atoms with van der Waals surface area (Å²) in [6.45, 7) is 1.13. The number of nitrogens with one attached hydrogen (secondary N) is 1. The molecule has 4 nitrogen and oxygen atoms in total. The van der Waals surface area contributed by atoms with Crippen LogP contribution in [0.15, 0.2) is 35.1 Å². The van der Waals surface area contributed by atoms with E-state index in [0.29, 0.717) is 0 Å². The zero-order valence-electron chi connectivity index (χ0n) is 17.0. The number of fused-ring (bicyclic) bond motifs is 1. The van der Waals surface area contributed by atoms with Gasteiger partial charge in [0.15, 0.2) is 5.43 Å². The summed E-state index contributed by atoms with van der Waals surface area (Å²) in [6, 6.07) is 6.31. The molecule has 3 heterocycles. The maximum Gasteiger partial charge on any atom is 0.433 e. The van der Waals surface area contributed by atoms with Crippen molar-refractivity contribution in [3.63, 3.8) is 0 Å². The van der Waals surface area contributed by atoms with Gasteiger partial charge in [0.25, 0.3) is 0 Å². The molecule has 10 heteroatoms. The molecule has 4 rings (SSSR count). The molecule has 0 spiro atoms. The molecular formula is C22H19F6N3O. The van der Waals surface area contributed by atoms with Crippen LogP contribution in [-0.4, -0.2) is 29.0 Å². The van der Waals surface area contributed by atoms with E-state index < -0.39 is 35.5 Å². The lowest BCUT2D eigenvalue weighted by Crippen LogP contribution is -2.28. The molecule has 170 valence electrons. The van der Waals surface area contributed by atoms with Gasteiger partial charge in [-0.1, -0.05) is 6.07 Å². The van der Waals surface area contributed by atoms with Crippen molar-refractivity contribution in [3.05, 3.63) is 57.6 Å². The van der Waals surface area contributed by atoms with Crippen molar-refractivity contribution in [2.45, 2.75) is 38.3 Å². The number of H-pyrrole nitrogens is 1. The highest BCUT2D eigenvalue weighted by Crippen LogP contribution is 2.38. The van der Waals surface area contributed by atoms with Crippen LogP contribution in [0.25, 0.3) is 22.2 Å². The summed E-state index contributed by atoms with van der Waals surface area (Å²) < 4.78 is 82.5. The number of benzene rings is 1. The molecule has 1 aliphatic rings. The molecule has 1 aliphatic heterocycles. The summed E-state index contributed by atoms with van der Waals surface area (Å²) >= 11 is 0. The van der Waals surface area contributed by atoms with Crippen LogP contribution in [0, 0.1) is 12.7 Å². The van der Waals surface area contributed by atoms with Gasteiger partial charge < -0.3 is 9.88 Å². The van der Waals surface area contributed by atoms with Crippen LogP contribution < -0.4 is 10.3 Å². The molecule has 0 aliphatic carbocycles. The van der Waals surface area contributed by atoms with Crippen LogP contribution in [0.5, 0.6) is 0 Å². The Bertz CT molecular complexity index is 1230. The van der Waals surface area contributed by atoms with Crippen LogP contribution in [0.4, 0.5) is 32.2 Å². The van der Waals surface area contributed by atoms with Crippen molar-refractivity contribution in [3.8, 4) is 11.3 Å². The Morgan fingerprint density at radius 2 is 1.88 bits per heavy atom. The number of pyridine rings is 2. The van der Waals surface area contributed by atoms with Gasteiger partial charge in [0.05, 0.1) is 16.6 Å². The van der Waals surface area contributed by atoms with Gasteiger partial charge in [-0.25, -0.2) is 18.2 Å². The number of aromatic amines is 1. The fourth-order valence-corrected chi connectivity index (χ4v) is 4.01. The average Bonchev–Trinajstić information content (AvgIpc) is 2.87.